The molecule has 0 aromatic heterocycles. The van der Waals surface area contributed by atoms with Crippen LogP contribution in [0.3, 0.4) is 0 Å². The summed E-state index contributed by atoms with van der Waals surface area (Å²) >= 11 is 1.34. The Morgan fingerprint density at radius 2 is 1.35 bits per heavy atom. The molecule has 9 heteroatoms. The van der Waals surface area contributed by atoms with Gasteiger partial charge in [-0.15, -0.1) is 11.8 Å². The Kier molecular flexibility index (Phi) is 12.0. The lowest BCUT2D eigenvalue weighted by Crippen LogP contribution is -2.30. The molecule has 0 aliphatic rings. The quantitative estimate of drug-likeness (QED) is 0.0832. The molecule has 0 heterocycles. The maximum absolute atomic E-state index is 13.6. The van der Waals surface area contributed by atoms with Crippen LogP contribution in [0.2, 0.25) is 0 Å². The van der Waals surface area contributed by atoms with E-state index in [9.17, 15) is 14.4 Å². The fourth-order valence-electron chi connectivity index (χ4n) is 4.52. The van der Waals surface area contributed by atoms with Crippen molar-refractivity contribution in [1.29, 1.82) is 0 Å². The first-order valence-electron chi connectivity index (χ1n) is 15.4. The van der Waals surface area contributed by atoms with Gasteiger partial charge in [0, 0.05) is 21.8 Å². The Labute approximate surface area is 284 Å². The van der Waals surface area contributed by atoms with Crippen molar-refractivity contribution in [1.82, 2.24) is 5.32 Å². The van der Waals surface area contributed by atoms with Gasteiger partial charge in [-0.25, -0.2) is 0 Å². The Balaban J connectivity index is 1.24. The summed E-state index contributed by atoms with van der Waals surface area (Å²) in [6, 6.07) is 40.2. The van der Waals surface area contributed by atoms with Gasteiger partial charge in [-0.1, -0.05) is 66.7 Å². The number of nitrogens with one attached hydrogen (secondary N) is 3. The largest absolute Gasteiger partial charge is 0.494 e. The number of carbonyl (C=O) groups excluding carboxylic acids is 3. The summed E-state index contributed by atoms with van der Waals surface area (Å²) in [6.07, 6.45) is 1.61. The molecule has 0 spiro atoms. The number of hydrogen-bond acceptors (Lipinski definition) is 6. The van der Waals surface area contributed by atoms with Crippen LogP contribution in [0.15, 0.2) is 144 Å². The Morgan fingerprint density at radius 3 is 2.06 bits per heavy atom. The van der Waals surface area contributed by atoms with Gasteiger partial charge in [0.2, 0.25) is 5.91 Å². The molecule has 0 saturated carbocycles. The monoisotopic (exact) mass is 657 g/mol. The summed E-state index contributed by atoms with van der Waals surface area (Å²) in [5.41, 5.74) is 3.43. The van der Waals surface area contributed by atoms with Gasteiger partial charge in [0.1, 0.15) is 23.8 Å². The SMILES string of the molecule is CCOc1ccc(NC(=O)CSc2cccc(NC(=O)/C(=C/c3ccc(OCc4ccccc4)cc3)NC(=O)c3ccccc3)c2)cc1. The second-order valence-corrected chi connectivity index (χ2v) is 11.5. The van der Waals surface area contributed by atoms with Gasteiger partial charge in [0.15, 0.2) is 0 Å². The molecule has 3 N–H and O–H groups in total. The lowest BCUT2D eigenvalue weighted by Gasteiger charge is -2.13. The molecule has 242 valence electrons. The maximum Gasteiger partial charge on any atom is 0.272 e. The molecule has 3 amide bonds. The van der Waals surface area contributed by atoms with Crippen LogP contribution >= 0.6 is 11.8 Å². The van der Waals surface area contributed by atoms with Gasteiger partial charge in [-0.2, -0.15) is 0 Å². The first-order valence-corrected chi connectivity index (χ1v) is 16.4. The van der Waals surface area contributed by atoms with Gasteiger partial charge in [-0.3, -0.25) is 14.4 Å². The minimum Gasteiger partial charge on any atom is -0.494 e. The van der Waals surface area contributed by atoms with Gasteiger partial charge in [0.05, 0.1) is 12.4 Å². The van der Waals surface area contributed by atoms with E-state index in [1.165, 1.54) is 11.8 Å². The standard InChI is InChI=1S/C39H35N3O5S/c1-2-46-33-22-18-31(19-23-33)40-37(43)27-48-35-15-9-14-32(25-35)41-39(45)36(42-38(44)30-12-7-4-8-13-30)24-28-16-20-34(21-17-28)47-26-29-10-5-3-6-11-29/h3-25H,2,26-27H2,1H3,(H,40,43)(H,41,45)(H,42,44)/b36-24-. The van der Waals surface area contributed by atoms with E-state index in [-0.39, 0.29) is 17.4 Å². The van der Waals surface area contributed by atoms with Crippen molar-refractivity contribution in [2.24, 2.45) is 0 Å². The third kappa shape index (κ3) is 10.4. The number of ether oxygens (including phenoxy) is 2. The van der Waals surface area contributed by atoms with Gasteiger partial charge >= 0.3 is 0 Å². The Morgan fingerprint density at radius 1 is 0.688 bits per heavy atom. The summed E-state index contributed by atoms with van der Waals surface area (Å²) in [4.78, 5) is 40.0. The number of rotatable bonds is 14. The fraction of sp³-hybridized carbons (Fsp3) is 0.103. The lowest BCUT2D eigenvalue weighted by atomic mass is 10.1. The second kappa shape index (κ2) is 17.2. The van der Waals surface area contributed by atoms with Crippen LogP contribution in [0.25, 0.3) is 6.08 Å². The van der Waals surface area contributed by atoms with Crippen molar-refractivity contribution in [2.75, 3.05) is 23.0 Å². The maximum atomic E-state index is 13.6. The average Bonchev–Trinajstić information content (AvgIpc) is 3.12. The average molecular weight is 658 g/mol. The molecule has 0 bridgehead atoms. The molecule has 0 fully saturated rings. The predicted octanol–water partition coefficient (Wildman–Crippen LogP) is 7.80. The number of carbonyl (C=O) groups is 3. The zero-order chi connectivity index (χ0) is 33.6. The molecular weight excluding hydrogens is 623 g/mol. The number of thioether (sulfide) groups is 1. The number of amides is 3. The lowest BCUT2D eigenvalue weighted by molar-refractivity contribution is -0.114. The third-order valence-corrected chi connectivity index (χ3v) is 7.87. The minimum atomic E-state index is -0.501. The smallest absolute Gasteiger partial charge is 0.272 e. The van der Waals surface area contributed by atoms with E-state index in [2.05, 4.69) is 16.0 Å². The van der Waals surface area contributed by atoms with E-state index in [1.807, 2.05) is 73.7 Å². The highest BCUT2D eigenvalue weighted by atomic mass is 32.2. The van der Waals surface area contributed by atoms with E-state index < -0.39 is 11.8 Å². The molecule has 0 unspecified atom stereocenters. The highest BCUT2D eigenvalue weighted by Crippen LogP contribution is 2.23. The van der Waals surface area contributed by atoms with E-state index in [1.54, 1.807) is 72.8 Å². The Hall–Kier alpha value is -5.80. The van der Waals surface area contributed by atoms with Gasteiger partial charge in [0.25, 0.3) is 11.8 Å². The summed E-state index contributed by atoms with van der Waals surface area (Å²) in [7, 11) is 0. The van der Waals surface area contributed by atoms with Gasteiger partial charge < -0.3 is 25.4 Å². The molecule has 0 aliphatic heterocycles. The second-order valence-electron chi connectivity index (χ2n) is 10.5. The predicted molar refractivity (Wildman–Crippen MR) is 191 cm³/mol. The first kappa shape index (κ1) is 33.6. The van der Waals surface area contributed by atoms with E-state index in [0.29, 0.717) is 41.5 Å². The minimum absolute atomic E-state index is 0.0644. The molecule has 0 radical (unpaired) electrons. The van der Waals surface area contributed by atoms with E-state index >= 15 is 0 Å². The van der Waals surface area contributed by atoms with Crippen molar-refractivity contribution in [3.8, 4) is 11.5 Å². The van der Waals surface area contributed by atoms with Gasteiger partial charge in [-0.05, 0) is 90.9 Å². The number of hydrogen-bond donors (Lipinski definition) is 3. The van der Waals surface area contributed by atoms with Crippen molar-refractivity contribution >= 4 is 46.9 Å². The Bertz CT molecular complexity index is 1850. The molecular formula is C39H35N3O5S. The molecule has 0 saturated heterocycles. The zero-order valence-electron chi connectivity index (χ0n) is 26.3. The summed E-state index contributed by atoms with van der Waals surface area (Å²) in [5.74, 6) is 0.514. The number of benzene rings is 5. The van der Waals surface area contributed by atoms with Crippen LogP contribution in [-0.2, 0) is 16.2 Å². The fourth-order valence-corrected chi connectivity index (χ4v) is 5.27. The first-order chi connectivity index (χ1) is 23.4. The van der Waals surface area contributed by atoms with E-state index in [4.69, 9.17) is 9.47 Å². The van der Waals surface area contributed by atoms with Crippen LogP contribution in [-0.4, -0.2) is 30.1 Å². The van der Waals surface area contributed by atoms with Crippen LogP contribution in [0.4, 0.5) is 11.4 Å². The normalized spacial score (nSPS) is 10.9. The highest BCUT2D eigenvalue weighted by molar-refractivity contribution is 8.00. The summed E-state index contributed by atoms with van der Waals surface area (Å²) in [5, 5.41) is 8.52. The molecule has 5 rings (SSSR count). The third-order valence-electron chi connectivity index (χ3n) is 6.88. The van der Waals surface area contributed by atoms with Crippen LogP contribution < -0.4 is 25.4 Å². The van der Waals surface area contributed by atoms with E-state index in [0.717, 1.165) is 16.2 Å². The summed E-state index contributed by atoms with van der Waals surface area (Å²) in [6.45, 7) is 2.92. The molecule has 0 atom stereocenters. The molecule has 0 aliphatic carbocycles. The molecule has 48 heavy (non-hydrogen) atoms. The molecule has 5 aromatic rings. The van der Waals surface area contributed by atoms with Crippen LogP contribution in [0.5, 0.6) is 11.5 Å². The molecule has 5 aromatic carbocycles. The van der Waals surface area contributed by atoms with Crippen molar-refractivity contribution < 1.29 is 23.9 Å². The topological polar surface area (TPSA) is 106 Å². The summed E-state index contributed by atoms with van der Waals surface area (Å²) < 4.78 is 11.3. The molecule has 8 nitrogen and oxygen atoms in total. The van der Waals surface area contributed by atoms with Crippen molar-refractivity contribution in [3.63, 3.8) is 0 Å². The van der Waals surface area contributed by atoms with Crippen molar-refractivity contribution in [2.45, 2.75) is 18.4 Å². The zero-order valence-corrected chi connectivity index (χ0v) is 27.2. The van der Waals surface area contributed by atoms with Crippen LogP contribution in [0.1, 0.15) is 28.4 Å². The number of anilines is 2. The van der Waals surface area contributed by atoms with Crippen molar-refractivity contribution in [3.05, 3.63) is 156 Å². The highest BCUT2D eigenvalue weighted by Gasteiger charge is 2.16. The van der Waals surface area contributed by atoms with Crippen LogP contribution in [0, 0.1) is 0 Å².